The van der Waals surface area contributed by atoms with E-state index >= 15 is 0 Å². The van der Waals surface area contributed by atoms with E-state index in [9.17, 15) is 4.79 Å². The number of nitrogens with zero attached hydrogens (tertiary/aromatic N) is 1. The van der Waals surface area contributed by atoms with E-state index in [0.717, 1.165) is 22.5 Å². The average molecular weight is 350 g/mol. The van der Waals surface area contributed by atoms with Crippen LogP contribution in [0.25, 0.3) is 0 Å². The van der Waals surface area contributed by atoms with Crippen LogP contribution in [-0.4, -0.2) is 24.9 Å². The van der Waals surface area contributed by atoms with E-state index < -0.39 is 5.66 Å². The van der Waals surface area contributed by atoms with Crippen LogP contribution in [0, 0.1) is 13.8 Å². The molecule has 1 spiro atoms. The lowest BCUT2D eigenvalue weighted by molar-refractivity contribution is -0.789. The number of benzene rings is 2. The molecule has 2 aliphatic heterocycles. The summed E-state index contributed by atoms with van der Waals surface area (Å²) in [5.41, 5.74) is 9.88. The Balaban J connectivity index is 1.81. The Hall–Kier alpha value is -3.35. The van der Waals surface area contributed by atoms with Crippen LogP contribution in [0.5, 0.6) is 0 Å². The van der Waals surface area contributed by atoms with Crippen molar-refractivity contribution in [1.82, 2.24) is 5.32 Å². The molecule has 4 rings (SSSR count). The molecule has 1 amide bonds. The van der Waals surface area contributed by atoms with Crippen LogP contribution in [0.15, 0.2) is 42.5 Å². The summed E-state index contributed by atoms with van der Waals surface area (Å²) in [7, 11) is 1.76. The second-order valence-corrected chi connectivity index (χ2v) is 6.67. The molecule has 7 nitrogen and oxygen atoms in total. The number of fused-ring (bicyclic) bond motifs is 2. The number of para-hydroxylation sites is 1. The van der Waals surface area contributed by atoms with E-state index in [0.29, 0.717) is 11.9 Å². The molecular formula is C19H22N6O+2. The third kappa shape index (κ3) is 2.24. The SMILES string of the molecule is Cc1cccc(NC2=[NH+][C@@]3([NH+]=C(N)N2)C(=O)N(C)c2ccccc23)c1C. The second kappa shape index (κ2) is 5.59. The predicted molar refractivity (Wildman–Crippen MR) is 100 cm³/mol. The maximum atomic E-state index is 13.1. The summed E-state index contributed by atoms with van der Waals surface area (Å²) >= 11 is 0. The van der Waals surface area contributed by atoms with Crippen LogP contribution in [-0.2, 0) is 10.5 Å². The first-order chi connectivity index (χ1) is 12.4. The zero-order valence-electron chi connectivity index (χ0n) is 15.0. The van der Waals surface area contributed by atoms with Crippen LogP contribution < -0.4 is 31.3 Å². The third-order valence-electron chi connectivity index (χ3n) is 5.05. The monoisotopic (exact) mass is 350 g/mol. The van der Waals surface area contributed by atoms with Crippen molar-refractivity contribution >= 4 is 29.2 Å². The Kier molecular flexibility index (Phi) is 3.47. The number of rotatable bonds is 1. The number of guanidine groups is 2. The second-order valence-electron chi connectivity index (χ2n) is 6.67. The summed E-state index contributed by atoms with van der Waals surface area (Å²) in [6.45, 7) is 4.11. The van der Waals surface area contributed by atoms with Gasteiger partial charge in [0.1, 0.15) is 5.69 Å². The molecule has 0 saturated carbocycles. The van der Waals surface area contributed by atoms with Crippen LogP contribution >= 0.6 is 0 Å². The molecule has 132 valence electrons. The highest BCUT2D eigenvalue weighted by atomic mass is 16.2. The summed E-state index contributed by atoms with van der Waals surface area (Å²) in [6.07, 6.45) is 0. The lowest BCUT2D eigenvalue weighted by Gasteiger charge is -2.22. The van der Waals surface area contributed by atoms with Gasteiger partial charge >= 0.3 is 23.5 Å². The number of carbonyl (C=O) groups is 1. The topological polar surface area (TPSA) is 98.3 Å². The fraction of sp³-hybridized carbons (Fsp3) is 0.211. The van der Waals surface area contributed by atoms with E-state index in [4.69, 9.17) is 5.73 Å². The molecule has 0 saturated heterocycles. The first kappa shape index (κ1) is 16.1. The molecule has 0 unspecified atom stereocenters. The maximum Gasteiger partial charge on any atom is 0.361 e. The minimum Gasteiger partial charge on any atom is -0.308 e. The molecule has 0 aromatic heterocycles. The van der Waals surface area contributed by atoms with Gasteiger partial charge in [-0.25, -0.2) is 15.3 Å². The number of hydrogen-bond donors (Lipinski definition) is 5. The first-order valence-electron chi connectivity index (χ1n) is 8.46. The van der Waals surface area contributed by atoms with E-state index in [1.807, 2.05) is 43.3 Å². The number of nitrogens with two attached hydrogens (primary N) is 1. The summed E-state index contributed by atoms with van der Waals surface area (Å²) in [5.74, 6) is 0.729. The number of hydrogen-bond acceptors (Lipinski definition) is 4. The molecular weight excluding hydrogens is 328 g/mol. The van der Waals surface area contributed by atoms with Gasteiger partial charge < -0.3 is 4.90 Å². The highest BCUT2D eigenvalue weighted by Crippen LogP contribution is 2.32. The molecule has 7 heteroatoms. The standard InChI is InChI=1S/C19H20N6O/c1-11-7-6-9-14(12(11)2)21-18-22-17(20)23-19(24-18)13-8-4-5-10-15(13)25(3)16(19)26/h4-10H,1-3H3,(H4,20,21,22,23,24)/p+2/t19-/m1/s1. The van der Waals surface area contributed by atoms with Gasteiger partial charge in [0.05, 0.1) is 11.3 Å². The fourth-order valence-corrected chi connectivity index (χ4v) is 3.50. The van der Waals surface area contributed by atoms with E-state index in [2.05, 4.69) is 33.6 Å². The number of amides is 1. The molecule has 26 heavy (non-hydrogen) atoms. The summed E-state index contributed by atoms with van der Waals surface area (Å²) in [6, 6.07) is 13.7. The van der Waals surface area contributed by atoms with Gasteiger partial charge in [-0.1, -0.05) is 24.3 Å². The summed E-state index contributed by atoms with van der Waals surface area (Å²) in [5, 5.41) is 6.36. The molecule has 2 aliphatic rings. The number of aryl methyl sites for hydroxylation is 1. The fourth-order valence-electron chi connectivity index (χ4n) is 3.50. The number of likely N-dealkylation sites (N-methyl/N-ethyl adjacent to an activating group) is 1. The minimum atomic E-state index is -1.14. The van der Waals surface area contributed by atoms with Gasteiger partial charge in [-0.3, -0.25) is 10.5 Å². The van der Waals surface area contributed by atoms with Gasteiger partial charge in [-0.2, -0.15) is 5.32 Å². The van der Waals surface area contributed by atoms with E-state index in [1.54, 1.807) is 11.9 Å². The lowest BCUT2D eigenvalue weighted by atomic mass is 10.0. The third-order valence-corrected chi connectivity index (χ3v) is 5.05. The molecule has 0 fully saturated rings. The summed E-state index contributed by atoms with van der Waals surface area (Å²) < 4.78 is 0. The normalized spacial score (nSPS) is 21.2. The number of anilines is 2. The Labute approximate surface area is 151 Å². The average Bonchev–Trinajstić information content (AvgIpc) is 2.81. The van der Waals surface area contributed by atoms with Crippen LogP contribution in [0.1, 0.15) is 16.7 Å². The molecule has 2 aromatic rings. The predicted octanol–water partition coefficient (Wildman–Crippen LogP) is -2.02. The van der Waals surface area contributed by atoms with Crippen molar-refractivity contribution in [3.05, 3.63) is 59.2 Å². The summed E-state index contributed by atoms with van der Waals surface area (Å²) in [4.78, 5) is 21.1. The minimum absolute atomic E-state index is 0.122. The zero-order chi connectivity index (χ0) is 18.5. The van der Waals surface area contributed by atoms with Gasteiger partial charge in [-0.05, 0) is 43.2 Å². The first-order valence-corrected chi connectivity index (χ1v) is 8.46. The van der Waals surface area contributed by atoms with Crippen molar-refractivity contribution in [2.24, 2.45) is 5.73 Å². The zero-order valence-corrected chi connectivity index (χ0v) is 15.0. The van der Waals surface area contributed by atoms with Crippen molar-refractivity contribution < 1.29 is 14.8 Å². The quantitative estimate of drug-likeness (QED) is 0.410. The highest BCUT2D eigenvalue weighted by molar-refractivity contribution is 6.07. The molecule has 2 heterocycles. The Morgan fingerprint density at radius 1 is 1.12 bits per heavy atom. The lowest BCUT2D eigenvalue weighted by Crippen LogP contribution is -3.14. The largest absolute Gasteiger partial charge is 0.361 e. The van der Waals surface area contributed by atoms with Crippen molar-refractivity contribution in [2.45, 2.75) is 19.5 Å². The Morgan fingerprint density at radius 3 is 2.69 bits per heavy atom. The molecule has 0 radical (unpaired) electrons. The van der Waals surface area contributed by atoms with Crippen molar-refractivity contribution in [2.75, 3.05) is 17.3 Å². The van der Waals surface area contributed by atoms with Gasteiger partial charge in [0.15, 0.2) is 0 Å². The van der Waals surface area contributed by atoms with Crippen molar-refractivity contribution in [3.8, 4) is 0 Å². The molecule has 1 atom stereocenters. The maximum absolute atomic E-state index is 13.1. The highest BCUT2D eigenvalue weighted by Gasteiger charge is 2.55. The van der Waals surface area contributed by atoms with Crippen molar-refractivity contribution in [1.29, 1.82) is 0 Å². The Bertz CT molecular complexity index is 980. The van der Waals surface area contributed by atoms with Crippen molar-refractivity contribution in [3.63, 3.8) is 0 Å². The number of nitrogens with one attached hydrogen (secondary N) is 4. The van der Waals surface area contributed by atoms with Gasteiger partial charge in [0.25, 0.3) is 0 Å². The van der Waals surface area contributed by atoms with Gasteiger partial charge in [0.2, 0.25) is 0 Å². The van der Waals surface area contributed by atoms with Crippen LogP contribution in [0.2, 0.25) is 0 Å². The molecule has 6 N–H and O–H groups in total. The smallest absolute Gasteiger partial charge is 0.308 e. The Morgan fingerprint density at radius 2 is 1.88 bits per heavy atom. The molecule has 0 aliphatic carbocycles. The van der Waals surface area contributed by atoms with E-state index in [1.165, 1.54) is 5.56 Å². The van der Waals surface area contributed by atoms with Crippen LogP contribution in [0.4, 0.5) is 11.4 Å². The molecule has 0 bridgehead atoms. The van der Waals surface area contributed by atoms with Gasteiger partial charge in [-0.15, -0.1) is 0 Å². The molecule has 2 aromatic carbocycles. The number of carbonyl (C=O) groups excluding carboxylic acids is 1. The van der Waals surface area contributed by atoms with Crippen LogP contribution in [0.3, 0.4) is 0 Å². The van der Waals surface area contributed by atoms with Gasteiger partial charge in [0, 0.05) is 7.05 Å². The van der Waals surface area contributed by atoms with E-state index in [-0.39, 0.29) is 5.91 Å².